The zero-order valence-electron chi connectivity index (χ0n) is 4.34. The second kappa shape index (κ2) is 6.69. The van der Waals surface area contributed by atoms with Crippen LogP contribution < -0.4 is 0 Å². The van der Waals surface area contributed by atoms with E-state index in [0.717, 1.165) is 12.3 Å². The van der Waals surface area contributed by atoms with Crippen molar-refractivity contribution >= 4 is 17.0 Å². The second-order valence-corrected chi connectivity index (χ2v) is 0.890. The highest BCUT2D eigenvalue weighted by molar-refractivity contribution is 8.93. The molecular weight excluding hydrogens is 175 g/mol. The minimum Gasteiger partial charge on any atom is -0.465 e. The molecule has 1 nitrogen and oxygen atoms in total. The van der Waals surface area contributed by atoms with Crippen molar-refractivity contribution in [2.24, 2.45) is 0 Å². The van der Waals surface area contributed by atoms with Crippen LogP contribution >= 0.6 is 17.0 Å². The highest BCUT2D eigenvalue weighted by Gasteiger charge is 1.91. The van der Waals surface area contributed by atoms with Gasteiger partial charge in [0.15, 0.2) is 0 Å². The average Bonchev–Trinajstić information content (AvgIpc) is 1.68. The number of hydrogen-bond acceptors (Lipinski definition) is 1. The Kier molecular flexibility index (Phi) is 8.89. The fourth-order valence-electron chi connectivity index (χ4n) is 0.147. The molecule has 0 aliphatic rings. The number of alkyl halides is 1. The maximum Gasteiger partial charge on any atom is 0.256 e. The third-order valence-corrected chi connectivity index (χ3v) is 0.412. The van der Waals surface area contributed by atoms with Gasteiger partial charge in [0.2, 0.25) is 0 Å². The van der Waals surface area contributed by atoms with Gasteiger partial charge >= 0.3 is 0 Å². The molecule has 48 valence electrons. The normalized spacial score (nSPS) is 10.6. The van der Waals surface area contributed by atoms with E-state index in [4.69, 9.17) is 0 Å². The Balaban J connectivity index is 0. The van der Waals surface area contributed by atoms with Gasteiger partial charge in [0.25, 0.3) is 6.36 Å². The Bertz CT molecular complexity index is 74.8. The van der Waals surface area contributed by atoms with Crippen LogP contribution in [0.5, 0.6) is 0 Å². The first-order valence-electron chi connectivity index (χ1n) is 1.84. The molecular formula is C5H8BrFO. The van der Waals surface area contributed by atoms with Crippen molar-refractivity contribution in [1.82, 2.24) is 0 Å². The molecule has 0 saturated heterocycles. The van der Waals surface area contributed by atoms with E-state index >= 15 is 0 Å². The maximum atomic E-state index is 11.7. The minimum atomic E-state index is -1.41. The summed E-state index contributed by atoms with van der Waals surface area (Å²) < 4.78 is 15.9. The van der Waals surface area contributed by atoms with Gasteiger partial charge in [-0.05, 0) is 6.08 Å². The molecule has 0 aliphatic heterocycles. The van der Waals surface area contributed by atoms with Crippen molar-refractivity contribution in [3.05, 3.63) is 25.5 Å². The number of ether oxygens (including phenoxy) is 1. The Hall–Kier alpha value is -0.310. The molecule has 0 rings (SSSR count). The van der Waals surface area contributed by atoms with Crippen LogP contribution in [0.25, 0.3) is 0 Å². The molecule has 0 bridgehead atoms. The molecule has 0 aromatic carbocycles. The van der Waals surface area contributed by atoms with Crippen LogP contribution in [0.15, 0.2) is 25.5 Å². The van der Waals surface area contributed by atoms with Gasteiger partial charge in [-0.2, -0.15) is 4.39 Å². The van der Waals surface area contributed by atoms with Gasteiger partial charge in [-0.15, -0.1) is 17.0 Å². The first-order chi connectivity index (χ1) is 3.31. The first kappa shape index (κ1) is 10.6. The molecule has 0 aromatic rings. The molecule has 3 heteroatoms. The monoisotopic (exact) mass is 182 g/mol. The van der Waals surface area contributed by atoms with E-state index in [0.29, 0.717) is 0 Å². The topological polar surface area (TPSA) is 9.23 Å². The van der Waals surface area contributed by atoms with Crippen molar-refractivity contribution in [1.29, 1.82) is 0 Å². The highest BCUT2D eigenvalue weighted by atomic mass is 79.9. The fraction of sp³-hybridized carbons (Fsp3) is 0.200. The Labute approximate surface area is 58.6 Å². The maximum absolute atomic E-state index is 11.7. The summed E-state index contributed by atoms with van der Waals surface area (Å²) in [5.41, 5.74) is 0. The summed E-state index contributed by atoms with van der Waals surface area (Å²) in [5, 5.41) is 0. The quantitative estimate of drug-likeness (QED) is 0.481. The van der Waals surface area contributed by atoms with Crippen molar-refractivity contribution < 1.29 is 9.13 Å². The van der Waals surface area contributed by atoms with Crippen LogP contribution in [-0.2, 0) is 4.74 Å². The molecule has 0 amide bonds. The molecule has 0 fully saturated rings. The third kappa shape index (κ3) is 5.69. The molecule has 1 atom stereocenters. The van der Waals surface area contributed by atoms with Gasteiger partial charge in [0, 0.05) is 0 Å². The number of halogens is 2. The highest BCUT2D eigenvalue weighted by Crippen LogP contribution is 1.92. The van der Waals surface area contributed by atoms with Crippen molar-refractivity contribution in [2.75, 3.05) is 0 Å². The summed E-state index contributed by atoms with van der Waals surface area (Å²) in [6, 6.07) is 0. The zero-order chi connectivity index (χ0) is 5.70. The molecule has 0 saturated carbocycles. The van der Waals surface area contributed by atoms with E-state index in [1.54, 1.807) is 0 Å². The van der Waals surface area contributed by atoms with Gasteiger partial charge in [0.05, 0.1) is 6.26 Å². The second-order valence-electron chi connectivity index (χ2n) is 0.890. The van der Waals surface area contributed by atoms with Gasteiger partial charge in [-0.1, -0.05) is 13.2 Å². The molecule has 1 unspecified atom stereocenters. The largest absolute Gasteiger partial charge is 0.465 e. The fourth-order valence-corrected chi connectivity index (χ4v) is 0.147. The van der Waals surface area contributed by atoms with Gasteiger partial charge < -0.3 is 4.74 Å². The van der Waals surface area contributed by atoms with Crippen LogP contribution in [0.1, 0.15) is 0 Å². The van der Waals surface area contributed by atoms with E-state index in [2.05, 4.69) is 17.9 Å². The molecule has 0 N–H and O–H groups in total. The van der Waals surface area contributed by atoms with Gasteiger partial charge in [0.1, 0.15) is 0 Å². The minimum absolute atomic E-state index is 0. The number of rotatable bonds is 3. The van der Waals surface area contributed by atoms with E-state index in [1.807, 2.05) is 0 Å². The van der Waals surface area contributed by atoms with Crippen LogP contribution in [0.4, 0.5) is 4.39 Å². The van der Waals surface area contributed by atoms with Crippen molar-refractivity contribution in [2.45, 2.75) is 6.36 Å². The Morgan fingerprint density at radius 3 is 2.12 bits per heavy atom. The summed E-state index contributed by atoms with van der Waals surface area (Å²) in [6.45, 7) is 6.27. The smallest absolute Gasteiger partial charge is 0.256 e. The molecule has 0 radical (unpaired) electrons. The molecule has 0 heterocycles. The van der Waals surface area contributed by atoms with E-state index in [-0.39, 0.29) is 17.0 Å². The summed E-state index contributed by atoms with van der Waals surface area (Å²) in [6.07, 6.45) is 0.672. The van der Waals surface area contributed by atoms with Crippen LogP contribution in [0.2, 0.25) is 0 Å². The molecule has 0 aliphatic carbocycles. The lowest BCUT2D eigenvalue weighted by molar-refractivity contribution is 0.0684. The van der Waals surface area contributed by atoms with Crippen LogP contribution in [-0.4, -0.2) is 6.36 Å². The summed E-state index contributed by atoms with van der Waals surface area (Å²) >= 11 is 0. The van der Waals surface area contributed by atoms with E-state index < -0.39 is 6.36 Å². The van der Waals surface area contributed by atoms with Crippen molar-refractivity contribution in [3.63, 3.8) is 0 Å². The third-order valence-electron chi connectivity index (χ3n) is 0.412. The van der Waals surface area contributed by atoms with Crippen LogP contribution in [0, 0.1) is 0 Å². The number of hydrogen-bond donors (Lipinski definition) is 0. The van der Waals surface area contributed by atoms with Gasteiger partial charge in [-0.25, -0.2) is 0 Å². The summed E-state index contributed by atoms with van der Waals surface area (Å²) in [7, 11) is 0. The molecule has 0 spiro atoms. The standard InChI is InChI=1S/C5H7FO.BrH/c1-3-5(6)7-4-2;/h3-5H,1-2H2;1H. The van der Waals surface area contributed by atoms with Crippen LogP contribution in [0.3, 0.4) is 0 Å². The Morgan fingerprint density at radius 1 is 1.50 bits per heavy atom. The first-order valence-corrected chi connectivity index (χ1v) is 1.84. The lowest BCUT2D eigenvalue weighted by Gasteiger charge is -1.97. The van der Waals surface area contributed by atoms with E-state index in [1.165, 1.54) is 0 Å². The lowest BCUT2D eigenvalue weighted by atomic mass is 10.7. The zero-order valence-corrected chi connectivity index (χ0v) is 6.05. The predicted octanol–water partition coefficient (Wildman–Crippen LogP) is 2.21. The summed E-state index contributed by atoms with van der Waals surface area (Å²) in [5.74, 6) is 0. The molecule has 8 heavy (non-hydrogen) atoms. The molecule has 0 aromatic heterocycles. The van der Waals surface area contributed by atoms with Gasteiger partial charge in [-0.3, -0.25) is 0 Å². The Morgan fingerprint density at radius 2 is 2.00 bits per heavy atom. The SMILES string of the molecule is Br.C=COC(F)C=C. The van der Waals surface area contributed by atoms with E-state index in [9.17, 15) is 4.39 Å². The average molecular weight is 183 g/mol. The van der Waals surface area contributed by atoms with Crippen molar-refractivity contribution in [3.8, 4) is 0 Å². The lowest BCUT2D eigenvalue weighted by Crippen LogP contribution is -1.93. The summed E-state index contributed by atoms with van der Waals surface area (Å²) in [4.78, 5) is 0. The predicted molar refractivity (Wildman–Crippen MR) is 36.7 cm³/mol.